The van der Waals surface area contributed by atoms with Crippen LogP contribution >= 0.6 is 11.6 Å². The first-order chi connectivity index (χ1) is 63.9. The van der Waals surface area contributed by atoms with Crippen molar-refractivity contribution in [2.45, 2.75) is 32.8 Å². The Balaban J connectivity index is 0.000000110. The van der Waals surface area contributed by atoms with Gasteiger partial charge in [-0.05, 0) is 172 Å². The number of terminal acetylenes is 1. The van der Waals surface area contributed by atoms with Gasteiger partial charge in [0, 0.05) is 125 Å². The number of fused-ring (bicyclic) bond motifs is 25. The third kappa shape index (κ3) is 16.0. The van der Waals surface area contributed by atoms with Crippen molar-refractivity contribution in [3.8, 4) is 68.9 Å². The average Bonchev–Trinajstić information content (AvgIpc) is 1.53. The first-order valence-electron chi connectivity index (χ1n) is 42.2. The van der Waals surface area contributed by atoms with Crippen LogP contribution in [0.3, 0.4) is 0 Å². The van der Waals surface area contributed by atoms with Gasteiger partial charge in [-0.1, -0.05) is 186 Å². The smallest absolute Gasteiger partial charge is 0.485 e. The molecule has 0 unspecified atom stereocenters. The van der Waals surface area contributed by atoms with E-state index < -0.39 is 26.0 Å². The summed E-state index contributed by atoms with van der Waals surface area (Å²) in [7, 11) is -7.53. The fraction of sp³-hybridized carbons (Fsp3) is 0.0741. The number of aromatic nitrogens is 11. The number of nitrogens with zero attached hydrogens (tertiary/aromatic N) is 11. The number of aryl methyl sites for hydroxylation is 5. The number of halogens is 4. The van der Waals surface area contributed by atoms with Gasteiger partial charge >= 0.3 is 5.51 Å². The van der Waals surface area contributed by atoms with Crippen LogP contribution in [0.4, 0.5) is 13.2 Å². The zero-order chi connectivity index (χ0) is 91.4. The lowest BCUT2D eigenvalue weighted by Gasteiger charge is -2.11. The first kappa shape index (κ1) is 85.9. The summed E-state index contributed by atoms with van der Waals surface area (Å²) in [5.41, 5.74) is 26.1. The fourth-order valence-corrected chi connectivity index (χ4v) is 18.0. The Morgan fingerprint density at radius 2 is 0.742 bits per heavy atom. The summed E-state index contributed by atoms with van der Waals surface area (Å²) in [6, 6.07) is 115. The van der Waals surface area contributed by atoms with Gasteiger partial charge in [0.25, 0.3) is 0 Å². The molecule has 0 aliphatic rings. The molecule has 16 aromatic heterocycles. The molecule has 0 atom stereocenters. The van der Waals surface area contributed by atoms with E-state index in [0.29, 0.717) is 5.88 Å². The monoisotopic (exact) mass is 1800 g/mol. The number of hydrogen-bond acceptors (Lipinski definition) is 11. The van der Waals surface area contributed by atoms with Gasteiger partial charge in [-0.15, -0.1) is 18.0 Å². The largest absolute Gasteiger partial charge is 0.741 e. The van der Waals surface area contributed by atoms with Crippen LogP contribution in [0.1, 0.15) is 22.3 Å². The molecule has 0 aliphatic carbocycles. The Labute approximate surface area is 760 Å². The maximum atomic E-state index is 10.7. The van der Waals surface area contributed by atoms with Gasteiger partial charge < -0.3 is 31.1 Å². The minimum absolute atomic E-state index is 0.572. The van der Waals surface area contributed by atoms with Crippen LogP contribution in [-0.4, -0.2) is 86.4 Å². The second kappa shape index (κ2) is 35.2. The Morgan fingerprint density at radius 1 is 0.394 bits per heavy atom. The van der Waals surface area contributed by atoms with E-state index in [9.17, 15) is 26.1 Å². The van der Waals surface area contributed by atoms with Crippen molar-refractivity contribution in [1.82, 2.24) is 41.9 Å². The Kier molecular flexibility index (Phi) is 22.9. The molecule has 0 saturated carbocycles. The first-order valence-corrected chi connectivity index (χ1v) is 45.5. The van der Waals surface area contributed by atoms with Gasteiger partial charge in [-0.2, -0.15) is 22.3 Å². The number of pyridine rings is 11. The lowest BCUT2D eigenvalue weighted by atomic mass is 10.0. The van der Waals surface area contributed by atoms with Crippen LogP contribution in [0.2, 0.25) is 0 Å². The van der Waals surface area contributed by atoms with Gasteiger partial charge in [0.2, 0.25) is 32.8 Å². The van der Waals surface area contributed by atoms with E-state index in [1.165, 1.54) is 105 Å². The molecule has 18 nitrogen and oxygen atoms in total. The Bertz CT molecular complexity index is 8820. The quantitative estimate of drug-likeness (QED) is 0.0349. The molecule has 0 fully saturated rings. The summed E-state index contributed by atoms with van der Waals surface area (Å²) in [4.78, 5) is 20.6. The number of rotatable bonds is 8. The van der Waals surface area contributed by atoms with E-state index in [0.717, 1.165) is 124 Å². The molecule has 0 radical (unpaired) electrons. The van der Waals surface area contributed by atoms with Crippen LogP contribution in [0, 0.1) is 33.1 Å². The number of hydrogen-bond donors (Lipinski definition) is 0. The Morgan fingerprint density at radius 3 is 1.18 bits per heavy atom. The van der Waals surface area contributed by atoms with Crippen LogP contribution in [0.5, 0.6) is 0 Å². The maximum absolute atomic E-state index is 10.7. The highest BCUT2D eigenvalue weighted by atomic mass is 35.5. The molecule has 0 saturated heterocycles. The molecule has 0 N–H and O–H groups in total. The third-order valence-corrected chi connectivity index (χ3v) is 24.9. The fourth-order valence-electron chi connectivity index (χ4n) is 17.8. The van der Waals surface area contributed by atoms with Crippen LogP contribution in [0.25, 0.3) is 193 Å². The highest BCUT2D eigenvalue weighted by Crippen LogP contribution is 2.43. The summed E-state index contributed by atoms with van der Waals surface area (Å²) in [5.74, 6) is 3.50. The van der Waals surface area contributed by atoms with E-state index >= 15 is 0 Å². The molecule has 132 heavy (non-hydrogen) atoms. The van der Waals surface area contributed by atoms with Crippen molar-refractivity contribution >= 4 is 169 Å². The average molecular weight is 1800 g/mol. The summed E-state index contributed by atoms with van der Waals surface area (Å²) >= 11 is 6.24. The van der Waals surface area contributed by atoms with Crippen LogP contribution in [0.15, 0.2) is 359 Å². The minimum atomic E-state index is -6.09. The molecule has 8 aromatic carbocycles. The molecule has 24 rings (SSSR count). The van der Waals surface area contributed by atoms with Gasteiger partial charge in [-0.25, -0.2) is 36.8 Å². The molecular formula is C108H79ClF3N11O7S2. The highest BCUT2D eigenvalue weighted by Gasteiger charge is 2.37. The molecule has 16 heterocycles. The molecule has 648 valence electrons. The topological polar surface area (TPSA) is 205 Å². The van der Waals surface area contributed by atoms with Gasteiger partial charge in [-0.3, -0.25) is 4.18 Å². The Hall–Kier alpha value is -15.5. The summed E-state index contributed by atoms with van der Waals surface area (Å²) in [6.45, 7) is 7.11. The van der Waals surface area contributed by atoms with E-state index in [1.54, 1.807) is 0 Å². The molecule has 24 heteroatoms. The van der Waals surface area contributed by atoms with Crippen molar-refractivity contribution < 1.29 is 52.4 Å². The second-order valence-electron chi connectivity index (χ2n) is 31.9. The molecule has 0 aliphatic heterocycles. The summed E-state index contributed by atoms with van der Waals surface area (Å²) in [5, 5.41) is 11.9. The number of para-hydroxylation sites is 5. The summed E-state index contributed by atoms with van der Waals surface area (Å²) in [6.07, 6.45) is 16.5. The van der Waals surface area contributed by atoms with E-state index in [-0.39, 0.29) is 0 Å². The zero-order valence-corrected chi connectivity index (χ0v) is 74.0. The molecule has 0 amide bonds. The number of benzene rings is 8. The van der Waals surface area contributed by atoms with Crippen LogP contribution < -0.4 is 9.13 Å². The van der Waals surface area contributed by atoms with Crippen molar-refractivity contribution in [3.05, 3.63) is 381 Å². The van der Waals surface area contributed by atoms with Crippen molar-refractivity contribution in [2.75, 3.05) is 13.0 Å². The van der Waals surface area contributed by atoms with E-state index in [2.05, 4.69) is 391 Å². The zero-order valence-electron chi connectivity index (χ0n) is 71.7. The highest BCUT2D eigenvalue weighted by molar-refractivity contribution is 7.86. The van der Waals surface area contributed by atoms with Crippen molar-refractivity contribution in [3.63, 3.8) is 0 Å². The van der Waals surface area contributed by atoms with E-state index in [1.807, 2.05) is 36.4 Å². The van der Waals surface area contributed by atoms with Gasteiger partial charge in [0.1, 0.15) is 29.5 Å². The summed E-state index contributed by atoms with van der Waals surface area (Å²) < 4.78 is 106. The van der Waals surface area contributed by atoms with Crippen molar-refractivity contribution in [2.24, 2.45) is 7.05 Å². The lowest BCUT2D eigenvalue weighted by Crippen LogP contribution is -2.38. The van der Waals surface area contributed by atoms with Crippen LogP contribution in [-0.2, 0) is 38.3 Å². The molecular weight excluding hydrogens is 1720 g/mol. The lowest BCUT2D eigenvalue weighted by molar-refractivity contribution is -0.654. The minimum Gasteiger partial charge on any atom is -0.741 e. The third-order valence-electron chi connectivity index (χ3n) is 23.7. The van der Waals surface area contributed by atoms with E-state index in [4.69, 9.17) is 50.9 Å². The molecule has 0 bridgehead atoms. The maximum Gasteiger partial charge on any atom is 0.485 e. The molecule has 0 spiro atoms. The SMILES string of the molecule is C#Cc1c2c3ccccc3nc(-c3ccc(C)cc3)c2n2ccccc12.COS(=O)(=O)[O-].Cc1ccc(-c2c3c(cc4ccccn43)c3ccccc3[n+]2C)cc1.Cc1ccc(-c2c3c(cc4ccccn43)c3ccccc3[n+]2CCCl)cc1.O=S(=O)([O-])C(F)(F)F.c1cc(-c2nc3ccccc3c3cc4ccccn4c23)nc(-c2nc3ccccc3c3cc4ccccn4c23)c1. The predicted molar refractivity (Wildman–Crippen MR) is 521 cm³/mol. The van der Waals surface area contributed by atoms with Crippen molar-refractivity contribution in [1.29, 1.82) is 0 Å². The number of alkyl halides is 4. The molecule has 24 aromatic rings. The standard InChI is InChI=1S/C35H21N5.C24H20ClN2.C24H16N2.C23H19N2.CHF3O3S.CH4O4S/c1-3-14-28-24(12-1)26-20-22-10-5-7-18-39(22)34(26)32(37-28)30-16-9-17-31(36-30)33-35-27(21-23-11-6-8-19-40(23)35)25-13-2-4-15-29(25)38-33;1-17-9-11-18(12-10-17)23-24-21(16-19-6-4-5-14-26(19)24)20-7-2-3-8-22(20)27(23)15-13-25;1-3-18-21-10-6-7-15-26(21)24-22(18)19-8-4-5-9-20(19)25-23(24)17-13-11-16(2)12-14-17;1-16-10-12-17(13-11-16)22-23-20(15-18-7-5-6-14-25(18)23)19-8-3-4-9-21(19)24(22)2;2-1(3,4)8(5,6)7;1-5-6(2,3)4/h1-21H;2-12,14,16H,13,15H2,1H3;1,4-15H,2H3;3-15H,1-2H3;(H,5,6,7);1H3,(H,2,3,4)/q;+1;;+1;;/p-2. The second-order valence-corrected chi connectivity index (χ2v) is 34.8. The normalized spacial score (nSPS) is 11.8. The van der Waals surface area contributed by atoms with Gasteiger partial charge in [0.15, 0.2) is 16.7 Å². The van der Waals surface area contributed by atoms with Gasteiger partial charge in [0.05, 0.1) is 85.0 Å². The predicted octanol–water partition coefficient (Wildman–Crippen LogP) is 23.9.